The molecule has 4 rings (SSSR count). The first-order valence-electron chi connectivity index (χ1n) is 9.72. The Bertz CT molecular complexity index is 914. The van der Waals surface area contributed by atoms with Gasteiger partial charge in [-0.1, -0.05) is 18.2 Å². The van der Waals surface area contributed by atoms with Crippen molar-refractivity contribution < 1.29 is 14.0 Å². The van der Waals surface area contributed by atoms with Gasteiger partial charge >= 0.3 is 6.03 Å². The highest BCUT2D eigenvalue weighted by atomic mass is 19.1. The molecule has 0 radical (unpaired) electrons. The first kappa shape index (κ1) is 18.5. The lowest BCUT2D eigenvalue weighted by Crippen LogP contribution is -2.37. The van der Waals surface area contributed by atoms with Crippen LogP contribution in [-0.2, 0) is 11.2 Å². The van der Waals surface area contributed by atoms with E-state index in [0.717, 1.165) is 41.8 Å². The van der Waals surface area contributed by atoms with Crippen LogP contribution in [-0.4, -0.2) is 25.0 Å². The quantitative estimate of drug-likeness (QED) is 0.837. The average Bonchev–Trinajstić information content (AvgIpc) is 3.13. The summed E-state index contributed by atoms with van der Waals surface area (Å²) in [4.78, 5) is 26.1. The van der Waals surface area contributed by atoms with E-state index in [2.05, 4.69) is 10.6 Å². The molecule has 6 heteroatoms. The summed E-state index contributed by atoms with van der Waals surface area (Å²) in [6.07, 6.45) is 3.68. The van der Waals surface area contributed by atoms with E-state index in [0.29, 0.717) is 12.8 Å². The third-order valence-electron chi connectivity index (χ3n) is 5.81. The number of halogens is 1. The fourth-order valence-corrected chi connectivity index (χ4v) is 4.32. The molecule has 0 bridgehead atoms. The molecule has 0 spiro atoms. The Kier molecular flexibility index (Phi) is 5.03. The summed E-state index contributed by atoms with van der Waals surface area (Å²) >= 11 is 0. The van der Waals surface area contributed by atoms with Crippen LogP contribution in [0.3, 0.4) is 0 Å². The Morgan fingerprint density at radius 3 is 2.79 bits per heavy atom. The van der Waals surface area contributed by atoms with Crippen LogP contribution in [0, 0.1) is 5.82 Å². The van der Waals surface area contributed by atoms with Crippen molar-refractivity contribution in [2.45, 2.75) is 44.1 Å². The number of benzene rings is 2. The maximum absolute atomic E-state index is 13.5. The number of nitrogens with zero attached hydrogens (tertiary/aromatic N) is 1. The molecule has 2 atom stereocenters. The van der Waals surface area contributed by atoms with Gasteiger partial charge in [0.2, 0.25) is 5.91 Å². The molecule has 28 heavy (non-hydrogen) atoms. The molecule has 146 valence electrons. The fraction of sp³-hybridized carbons (Fsp3) is 0.364. The molecule has 2 aromatic rings. The van der Waals surface area contributed by atoms with Crippen LogP contribution in [0.15, 0.2) is 42.5 Å². The summed E-state index contributed by atoms with van der Waals surface area (Å²) in [6, 6.07) is 12.2. The number of anilines is 2. The van der Waals surface area contributed by atoms with Crippen molar-refractivity contribution in [1.82, 2.24) is 5.32 Å². The number of hydrogen-bond donors (Lipinski definition) is 2. The van der Waals surface area contributed by atoms with Crippen molar-refractivity contribution in [2.24, 2.45) is 0 Å². The molecule has 2 N–H and O–H groups in total. The molecule has 1 aliphatic heterocycles. The van der Waals surface area contributed by atoms with E-state index in [-0.39, 0.29) is 29.7 Å². The highest BCUT2D eigenvalue weighted by molar-refractivity contribution is 5.99. The van der Waals surface area contributed by atoms with E-state index in [9.17, 15) is 14.0 Å². The number of hydrogen-bond acceptors (Lipinski definition) is 2. The SMILES string of the molecule is CN1C(=O)CCc2c(NC(=O)NC3CCC(c4cccc(F)c4)C3)cccc21. The van der Waals surface area contributed by atoms with Crippen molar-refractivity contribution in [3.8, 4) is 0 Å². The van der Waals surface area contributed by atoms with Gasteiger partial charge in [-0.2, -0.15) is 0 Å². The minimum Gasteiger partial charge on any atom is -0.335 e. The summed E-state index contributed by atoms with van der Waals surface area (Å²) in [5, 5.41) is 5.99. The number of rotatable bonds is 3. The lowest BCUT2D eigenvalue weighted by Gasteiger charge is -2.27. The Labute approximate surface area is 163 Å². The average molecular weight is 381 g/mol. The summed E-state index contributed by atoms with van der Waals surface area (Å²) in [7, 11) is 1.76. The predicted molar refractivity (Wildman–Crippen MR) is 107 cm³/mol. The van der Waals surface area contributed by atoms with Crippen LogP contribution in [0.5, 0.6) is 0 Å². The molecular weight excluding hydrogens is 357 g/mol. The maximum Gasteiger partial charge on any atom is 0.319 e. The Morgan fingerprint density at radius 1 is 1.14 bits per heavy atom. The Balaban J connectivity index is 1.39. The molecule has 5 nitrogen and oxygen atoms in total. The van der Waals surface area contributed by atoms with Gasteiger partial charge in [-0.25, -0.2) is 9.18 Å². The topological polar surface area (TPSA) is 61.4 Å². The lowest BCUT2D eigenvalue weighted by molar-refractivity contribution is -0.118. The van der Waals surface area contributed by atoms with Crippen LogP contribution in [0.1, 0.15) is 42.7 Å². The first-order valence-corrected chi connectivity index (χ1v) is 9.72. The van der Waals surface area contributed by atoms with Crippen LogP contribution in [0.2, 0.25) is 0 Å². The van der Waals surface area contributed by atoms with Gasteiger partial charge in [-0.3, -0.25) is 4.79 Å². The molecule has 3 amide bonds. The predicted octanol–water partition coefficient (Wildman–Crippen LogP) is 4.19. The second-order valence-corrected chi connectivity index (χ2v) is 7.62. The highest BCUT2D eigenvalue weighted by Crippen LogP contribution is 2.35. The third-order valence-corrected chi connectivity index (χ3v) is 5.81. The van der Waals surface area contributed by atoms with Gasteiger partial charge in [0, 0.05) is 30.9 Å². The van der Waals surface area contributed by atoms with Gasteiger partial charge in [0.15, 0.2) is 0 Å². The molecule has 0 aromatic heterocycles. The minimum atomic E-state index is -0.238. The summed E-state index contributed by atoms with van der Waals surface area (Å²) in [5.74, 6) is 0.137. The first-order chi connectivity index (χ1) is 13.5. The second kappa shape index (κ2) is 7.62. The smallest absolute Gasteiger partial charge is 0.319 e. The maximum atomic E-state index is 13.5. The highest BCUT2D eigenvalue weighted by Gasteiger charge is 2.28. The number of amides is 3. The van der Waals surface area contributed by atoms with E-state index in [1.165, 1.54) is 6.07 Å². The molecule has 1 aliphatic carbocycles. The molecule has 1 heterocycles. The van der Waals surface area contributed by atoms with Gasteiger partial charge in [0.1, 0.15) is 5.82 Å². The van der Waals surface area contributed by atoms with E-state index in [1.54, 1.807) is 24.1 Å². The van der Waals surface area contributed by atoms with Gasteiger partial charge in [0.05, 0.1) is 0 Å². The zero-order valence-corrected chi connectivity index (χ0v) is 15.9. The summed E-state index contributed by atoms with van der Waals surface area (Å²) in [6.45, 7) is 0. The fourth-order valence-electron chi connectivity index (χ4n) is 4.32. The molecule has 2 unspecified atom stereocenters. The zero-order valence-electron chi connectivity index (χ0n) is 15.9. The molecule has 2 aromatic carbocycles. The number of fused-ring (bicyclic) bond motifs is 1. The van der Waals surface area contributed by atoms with E-state index >= 15 is 0 Å². The molecule has 0 saturated heterocycles. The molecule has 2 aliphatic rings. The van der Waals surface area contributed by atoms with Crippen molar-refractivity contribution in [3.05, 3.63) is 59.4 Å². The summed E-state index contributed by atoms with van der Waals surface area (Å²) < 4.78 is 13.5. The van der Waals surface area contributed by atoms with Crippen molar-refractivity contribution in [3.63, 3.8) is 0 Å². The number of nitrogens with one attached hydrogen (secondary N) is 2. The molecule has 1 saturated carbocycles. The monoisotopic (exact) mass is 381 g/mol. The largest absolute Gasteiger partial charge is 0.335 e. The molecular formula is C22H24FN3O2. The van der Waals surface area contributed by atoms with Crippen molar-refractivity contribution in [1.29, 1.82) is 0 Å². The third kappa shape index (κ3) is 3.72. The van der Waals surface area contributed by atoms with Crippen LogP contribution < -0.4 is 15.5 Å². The van der Waals surface area contributed by atoms with E-state index in [4.69, 9.17) is 0 Å². The van der Waals surface area contributed by atoms with Crippen molar-refractivity contribution >= 4 is 23.3 Å². The van der Waals surface area contributed by atoms with Crippen molar-refractivity contribution in [2.75, 3.05) is 17.3 Å². The zero-order chi connectivity index (χ0) is 19.7. The lowest BCUT2D eigenvalue weighted by atomic mass is 9.97. The Hall–Kier alpha value is -2.89. The van der Waals surface area contributed by atoms with Gasteiger partial charge in [-0.15, -0.1) is 0 Å². The van der Waals surface area contributed by atoms with Crippen LogP contribution in [0.4, 0.5) is 20.6 Å². The van der Waals surface area contributed by atoms with Crippen LogP contribution >= 0.6 is 0 Å². The Morgan fingerprint density at radius 2 is 1.96 bits per heavy atom. The standard InChI is InChI=1S/C22H24FN3O2/c1-26-20-7-3-6-19(18(20)10-11-21(26)27)25-22(28)24-17-9-8-15(13-17)14-4-2-5-16(23)12-14/h2-7,12,15,17H,8-11,13H2,1H3,(H2,24,25,28). The van der Waals surface area contributed by atoms with E-state index < -0.39 is 0 Å². The molecule has 1 fully saturated rings. The number of carbonyl (C=O) groups is 2. The number of urea groups is 1. The van der Waals surface area contributed by atoms with Gasteiger partial charge in [-0.05, 0) is 67.0 Å². The van der Waals surface area contributed by atoms with Gasteiger partial charge in [0.25, 0.3) is 0 Å². The second-order valence-electron chi connectivity index (χ2n) is 7.62. The van der Waals surface area contributed by atoms with Crippen LogP contribution in [0.25, 0.3) is 0 Å². The number of carbonyl (C=O) groups excluding carboxylic acids is 2. The minimum absolute atomic E-state index is 0.0667. The normalized spacial score (nSPS) is 21.4. The van der Waals surface area contributed by atoms with Gasteiger partial charge < -0.3 is 15.5 Å². The summed E-state index contributed by atoms with van der Waals surface area (Å²) in [5.41, 5.74) is 3.58. The van der Waals surface area contributed by atoms with E-state index in [1.807, 2.05) is 24.3 Å².